The summed E-state index contributed by atoms with van der Waals surface area (Å²) in [6.07, 6.45) is 2.55. The van der Waals surface area contributed by atoms with E-state index >= 15 is 0 Å². The van der Waals surface area contributed by atoms with Crippen molar-refractivity contribution in [1.82, 2.24) is 15.1 Å². The van der Waals surface area contributed by atoms with E-state index in [2.05, 4.69) is 15.1 Å². The fraction of sp³-hybridized carbons (Fsp3) is 0.632. The highest BCUT2D eigenvalue weighted by atomic mass is 19.1. The van der Waals surface area contributed by atoms with Gasteiger partial charge >= 0.3 is 0 Å². The summed E-state index contributed by atoms with van der Waals surface area (Å²) in [5.41, 5.74) is 0.816. The van der Waals surface area contributed by atoms with Crippen molar-refractivity contribution >= 4 is 5.91 Å². The van der Waals surface area contributed by atoms with Crippen LogP contribution in [0.1, 0.15) is 18.4 Å². The number of carbonyl (C=O) groups excluding carboxylic acids is 1. The van der Waals surface area contributed by atoms with Crippen LogP contribution in [0.3, 0.4) is 0 Å². The maximum atomic E-state index is 13.3. The second kappa shape index (κ2) is 6.67. The van der Waals surface area contributed by atoms with Gasteiger partial charge in [-0.1, -0.05) is 12.1 Å². The zero-order chi connectivity index (χ0) is 17.4. The Balaban J connectivity index is 1.36. The molecule has 1 amide bonds. The van der Waals surface area contributed by atoms with Gasteiger partial charge in [0.05, 0.1) is 6.61 Å². The van der Waals surface area contributed by atoms with E-state index in [-0.39, 0.29) is 23.4 Å². The summed E-state index contributed by atoms with van der Waals surface area (Å²) in [4.78, 5) is 16.8. The van der Waals surface area contributed by atoms with Crippen LogP contribution in [0.15, 0.2) is 24.3 Å². The van der Waals surface area contributed by atoms with Crippen molar-refractivity contribution in [3.05, 3.63) is 35.6 Å². The van der Waals surface area contributed by atoms with E-state index in [9.17, 15) is 9.18 Å². The van der Waals surface area contributed by atoms with Gasteiger partial charge in [0.15, 0.2) is 0 Å². The first-order valence-electron chi connectivity index (χ1n) is 9.13. The van der Waals surface area contributed by atoms with E-state index in [1.165, 1.54) is 18.9 Å². The number of likely N-dealkylation sites (N-methyl/N-ethyl adjacent to an activating group) is 1. The normalized spacial score (nSPS) is 26.4. The number of likely N-dealkylation sites (tertiary alicyclic amines) is 1. The predicted molar refractivity (Wildman–Crippen MR) is 92.5 cm³/mol. The minimum absolute atomic E-state index is 0.0476. The van der Waals surface area contributed by atoms with Gasteiger partial charge in [0.1, 0.15) is 17.5 Å². The third kappa shape index (κ3) is 3.71. The number of rotatable bonds is 5. The lowest BCUT2D eigenvalue weighted by Gasteiger charge is -2.55. The van der Waals surface area contributed by atoms with Crippen LogP contribution in [0.25, 0.3) is 0 Å². The van der Waals surface area contributed by atoms with Crippen LogP contribution in [-0.4, -0.2) is 67.2 Å². The Bertz CT molecular complexity index is 643. The average molecular weight is 347 g/mol. The predicted octanol–water partition coefficient (Wildman–Crippen LogP) is 1.24. The van der Waals surface area contributed by atoms with Gasteiger partial charge in [0.2, 0.25) is 5.91 Å². The first kappa shape index (κ1) is 16.9. The smallest absolute Gasteiger partial charge is 0.239 e. The molecule has 3 fully saturated rings. The van der Waals surface area contributed by atoms with Crippen molar-refractivity contribution in [2.24, 2.45) is 5.92 Å². The molecule has 1 aromatic rings. The van der Waals surface area contributed by atoms with E-state index in [4.69, 9.17) is 4.74 Å². The Hall–Kier alpha value is -1.50. The van der Waals surface area contributed by atoms with E-state index in [1.54, 1.807) is 19.2 Å². The largest absolute Gasteiger partial charge is 0.369 e. The summed E-state index contributed by atoms with van der Waals surface area (Å²) >= 11 is 0. The van der Waals surface area contributed by atoms with E-state index in [0.29, 0.717) is 6.61 Å². The molecule has 0 bridgehead atoms. The summed E-state index contributed by atoms with van der Waals surface area (Å²) in [7, 11) is 1.69. The van der Waals surface area contributed by atoms with Gasteiger partial charge in [-0.3, -0.25) is 14.6 Å². The Morgan fingerprint density at radius 1 is 1.36 bits per heavy atom. The molecule has 6 heteroatoms. The van der Waals surface area contributed by atoms with Crippen molar-refractivity contribution in [3.63, 3.8) is 0 Å². The molecule has 1 saturated carbocycles. The van der Waals surface area contributed by atoms with Crippen molar-refractivity contribution in [2.75, 3.05) is 39.8 Å². The van der Waals surface area contributed by atoms with E-state index in [1.807, 2.05) is 6.07 Å². The van der Waals surface area contributed by atoms with Gasteiger partial charge in [0.25, 0.3) is 0 Å². The van der Waals surface area contributed by atoms with Gasteiger partial charge in [-0.2, -0.15) is 0 Å². The zero-order valence-corrected chi connectivity index (χ0v) is 14.7. The summed E-state index contributed by atoms with van der Waals surface area (Å²) in [5.74, 6) is 0.600. The SMILES string of the molecule is CNC(=O)C1COC2(CN(Cc3cccc(F)c3)C2)CN1CC1CC1. The molecule has 1 atom stereocenters. The minimum atomic E-state index is -0.189. The molecule has 136 valence electrons. The van der Waals surface area contributed by atoms with Crippen LogP contribution >= 0.6 is 0 Å². The molecule has 1 aliphatic carbocycles. The Morgan fingerprint density at radius 2 is 2.16 bits per heavy atom. The van der Waals surface area contributed by atoms with Crippen LogP contribution in [0, 0.1) is 11.7 Å². The number of hydrogen-bond donors (Lipinski definition) is 1. The number of nitrogens with zero attached hydrogens (tertiary/aromatic N) is 2. The molecule has 25 heavy (non-hydrogen) atoms. The number of hydrogen-bond acceptors (Lipinski definition) is 4. The van der Waals surface area contributed by atoms with Crippen molar-refractivity contribution in [2.45, 2.75) is 31.0 Å². The molecule has 2 saturated heterocycles. The molecular weight excluding hydrogens is 321 g/mol. The molecule has 3 aliphatic rings. The maximum absolute atomic E-state index is 13.3. The number of ether oxygens (including phenoxy) is 1. The Morgan fingerprint density at radius 3 is 2.84 bits per heavy atom. The highest BCUT2D eigenvalue weighted by Crippen LogP contribution is 2.36. The lowest BCUT2D eigenvalue weighted by Crippen LogP contribution is -2.72. The van der Waals surface area contributed by atoms with Gasteiger partial charge in [-0.15, -0.1) is 0 Å². The molecule has 2 aliphatic heterocycles. The number of amides is 1. The van der Waals surface area contributed by atoms with Crippen LogP contribution in [-0.2, 0) is 16.1 Å². The molecular formula is C19H26FN3O2. The van der Waals surface area contributed by atoms with Crippen molar-refractivity contribution in [3.8, 4) is 0 Å². The molecule has 1 N–H and O–H groups in total. The second-order valence-electron chi connectivity index (χ2n) is 7.77. The second-order valence-corrected chi connectivity index (χ2v) is 7.77. The molecule has 1 spiro atoms. The van der Waals surface area contributed by atoms with Crippen LogP contribution in [0.4, 0.5) is 4.39 Å². The summed E-state index contributed by atoms with van der Waals surface area (Å²) in [5, 5.41) is 2.76. The molecule has 5 nitrogen and oxygen atoms in total. The minimum Gasteiger partial charge on any atom is -0.369 e. The van der Waals surface area contributed by atoms with Gasteiger partial charge in [-0.25, -0.2) is 4.39 Å². The topological polar surface area (TPSA) is 44.8 Å². The molecule has 1 aromatic carbocycles. The molecule has 2 heterocycles. The summed E-state index contributed by atoms with van der Waals surface area (Å²) in [6.45, 7) is 4.68. The number of carbonyl (C=O) groups is 1. The summed E-state index contributed by atoms with van der Waals surface area (Å²) in [6, 6.07) is 6.60. The lowest BCUT2D eigenvalue weighted by molar-refractivity contribution is -0.203. The number of benzene rings is 1. The van der Waals surface area contributed by atoms with E-state index < -0.39 is 0 Å². The fourth-order valence-corrected chi connectivity index (χ4v) is 4.08. The molecule has 0 radical (unpaired) electrons. The van der Waals surface area contributed by atoms with Gasteiger partial charge in [0, 0.05) is 39.8 Å². The van der Waals surface area contributed by atoms with E-state index in [0.717, 1.165) is 44.2 Å². The standard InChI is InChI=1S/C19H26FN3O2/c1-21-18(24)17-10-25-19(13-23(17)9-14-5-6-14)11-22(12-19)8-15-3-2-4-16(20)7-15/h2-4,7,14,17H,5-6,8-13H2,1H3,(H,21,24). The Labute approximate surface area is 148 Å². The average Bonchev–Trinajstić information content (AvgIpc) is 3.37. The lowest BCUT2D eigenvalue weighted by atomic mass is 9.89. The quantitative estimate of drug-likeness (QED) is 0.870. The molecule has 4 rings (SSSR count). The van der Waals surface area contributed by atoms with Crippen LogP contribution < -0.4 is 5.32 Å². The monoisotopic (exact) mass is 347 g/mol. The number of halogens is 1. The maximum Gasteiger partial charge on any atom is 0.239 e. The third-order valence-electron chi connectivity index (χ3n) is 5.54. The highest BCUT2D eigenvalue weighted by Gasteiger charge is 2.50. The molecule has 0 aromatic heterocycles. The van der Waals surface area contributed by atoms with Crippen LogP contribution in [0.5, 0.6) is 0 Å². The van der Waals surface area contributed by atoms with Crippen molar-refractivity contribution in [1.29, 1.82) is 0 Å². The van der Waals surface area contributed by atoms with Gasteiger partial charge in [-0.05, 0) is 36.5 Å². The zero-order valence-electron chi connectivity index (χ0n) is 14.7. The number of morpholine rings is 1. The van der Waals surface area contributed by atoms with Crippen molar-refractivity contribution < 1.29 is 13.9 Å². The van der Waals surface area contributed by atoms with Crippen LogP contribution in [0.2, 0.25) is 0 Å². The van der Waals surface area contributed by atoms with Gasteiger partial charge < -0.3 is 10.1 Å². The fourth-order valence-electron chi connectivity index (χ4n) is 4.08. The summed E-state index contributed by atoms with van der Waals surface area (Å²) < 4.78 is 19.5. The molecule has 1 unspecified atom stereocenters. The third-order valence-corrected chi connectivity index (χ3v) is 5.54. The highest BCUT2D eigenvalue weighted by molar-refractivity contribution is 5.81. The number of nitrogens with one attached hydrogen (secondary N) is 1. The first-order valence-corrected chi connectivity index (χ1v) is 9.13. The first-order chi connectivity index (χ1) is 12.1. The Kier molecular flexibility index (Phi) is 4.52.